The second kappa shape index (κ2) is 8.50. The average molecular weight is 447 g/mol. The third-order valence-electron chi connectivity index (χ3n) is 6.70. The van der Waals surface area contributed by atoms with Crippen LogP contribution in [-0.2, 0) is 24.3 Å². The second-order valence-corrected chi connectivity index (χ2v) is 9.33. The van der Waals surface area contributed by atoms with Crippen LogP contribution in [0.25, 0.3) is 11.4 Å². The first-order valence-electron chi connectivity index (χ1n) is 11.7. The molecule has 5 rings (SSSR count). The van der Waals surface area contributed by atoms with Crippen LogP contribution in [0.4, 0.5) is 0 Å². The maximum Gasteiger partial charge on any atom is 0.271 e. The molecule has 0 saturated carbocycles. The molecular weight excluding hydrogens is 416 g/mol. The number of carbonyl (C=O) groups is 2. The molecule has 172 valence electrons. The van der Waals surface area contributed by atoms with E-state index in [2.05, 4.69) is 19.8 Å². The molecule has 33 heavy (non-hydrogen) atoms. The lowest BCUT2D eigenvalue weighted by Crippen LogP contribution is -2.43. The first-order valence-corrected chi connectivity index (χ1v) is 11.7. The Balaban J connectivity index is 1.52. The van der Waals surface area contributed by atoms with Crippen LogP contribution < -0.4 is 5.32 Å². The molecule has 1 N–H and O–H groups in total. The number of nitrogens with zero attached hydrogens (tertiary/aromatic N) is 5. The molecule has 8 nitrogen and oxygen atoms in total. The van der Waals surface area contributed by atoms with Crippen molar-refractivity contribution in [3.8, 4) is 11.4 Å². The van der Waals surface area contributed by atoms with Gasteiger partial charge in [-0.2, -0.15) is 0 Å². The zero-order chi connectivity index (χ0) is 23.1. The number of benzene rings is 1. The van der Waals surface area contributed by atoms with Gasteiger partial charge in [0.25, 0.3) is 5.91 Å². The highest BCUT2D eigenvalue weighted by molar-refractivity contribution is 5.94. The predicted molar refractivity (Wildman–Crippen MR) is 125 cm³/mol. The Morgan fingerprint density at radius 1 is 1.15 bits per heavy atom. The van der Waals surface area contributed by atoms with Crippen molar-refractivity contribution in [2.75, 3.05) is 0 Å². The Kier molecular flexibility index (Phi) is 5.52. The highest BCUT2D eigenvalue weighted by Crippen LogP contribution is 2.36. The molecule has 2 aliphatic heterocycles. The van der Waals surface area contributed by atoms with Crippen LogP contribution in [0.1, 0.15) is 48.7 Å². The molecule has 1 fully saturated rings. The fourth-order valence-electron chi connectivity index (χ4n) is 5.19. The lowest BCUT2D eigenvalue weighted by Gasteiger charge is -2.28. The van der Waals surface area contributed by atoms with E-state index in [0.717, 1.165) is 35.7 Å². The summed E-state index contributed by atoms with van der Waals surface area (Å²) >= 11 is 0. The van der Waals surface area contributed by atoms with Crippen LogP contribution in [0.5, 0.6) is 0 Å². The number of aryl methyl sites for hydroxylation is 1. The third-order valence-corrected chi connectivity index (χ3v) is 6.70. The molecule has 2 amide bonds. The fourth-order valence-corrected chi connectivity index (χ4v) is 5.19. The largest absolute Gasteiger partial charge is 0.348 e. The van der Waals surface area contributed by atoms with Gasteiger partial charge in [0, 0.05) is 43.0 Å². The molecule has 1 aromatic carbocycles. The van der Waals surface area contributed by atoms with E-state index in [1.807, 2.05) is 61.9 Å². The van der Waals surface area contributed by atoms with Crippen molar-refractivity contribution < 1.29 is 9.59 Å². The Morgan fingerprint density at radius 3 is 2.61 bits per heavy atom. The fraction of sp³-hybridized carbons (Fsp3) is 0.440. The van der Waals surface area contributed by atoms with Crippen LogP contribution >= 0.6 is 0 Å². The molecule has 0 unspecified atom stereocenters. The van der Waals surface area contributed by atoms with Crippen molar-refractivity contribution in [1.82, 2.24) is 29.3 Å². The average Bonchev–Trinajstić information content (AvgIpc) is 3.43. The molecule has 2 bridgehead atoms. The van der Waals surface area contributed by atoms with Gasteiger partial charge in [0.15, 0.2) is 0 Å². The molecule has 2 aromatic heterocycles. The molecule has 3 aromatic rings. The number of rotatable bonds is 5. The highest BCUT2D eigenvalue weighted by Gasteiger charge is 2.42. The van der Waals surface area contributed by atoms with Gasteiger partial charge in [-0.1, -0.05) is 30.3 Å². The van der Waals surface area contributed by atoms with E-state index >= 15 is 0 Å². The minimum absolute atomic E-state index is 0.0220. The minimum atomic E-state index is -0.152. The number of nitrogens with one attached hydrogen (secondary N) is 1. The Morgan fingerprint density at radius 2 is 1.91 bits per heavy atom. The molecule has 0 radical (unpaired) electrons. The molecule has 8 heteroatoms. The first-order chi connectivity index (χ1) is 15.9. The number of amides is 2. The van der Waals surface area contributed by atoms with Gasteiger partial charge in [-0.25, -0.2) is 9.97 Å². The summed E-state index contributed by atoms with van der Waals surface area (Å²) in [7, 11) is 0. The molecule has 4 heterocycles. The number of imidazole rings is 2. The van der Waals surface area contributed by atoms with Gasteiger partial charge in [0.05, 0.1) is 11.7 Å². The van der Waals surface area contributed by atoms with E-state index in [1.54, 1.807) is 6.20 Å². The lowest BCUT2D eigenvalue weighted by atomic mass is 10.0. The number of hydrogen-bond acceptors (Lipinski definition) is 4. The normalized spacial score (nSPS) is 19.5. The van der Waals surface area contributed by atoms with Crippen LogP contribution in [0.3, 0.4) is 0 Å². The number of fused-ring (bicyclic) bond motifs is 3. The van der Waals surface area contributed by atoms with E-state index in [0.29, 0.717) is 18.7 Å². The summed E-state index contributed by atoms with van der Waals surface area (Å²) in [4.78, 5) is 37.6. The molecule has 2 atom stereocenters. The number of aromatic nitrogens is 4. The molecule has 2 aliphatic rings. The van der Waals surface area contributed by atoms with Crippen molar-refractivity contribution in [3.05, 3.63) is 59.9 Å². The maximum absolute atomic E-state index is 13.4. The van der Waals surface area contributed by atoms with E-state index in [9.17, 15) is 9.59 Å². The van der Waals surface area contributed by atoms with Crippen LogP contribution in [-0.4, -0.2) is 53.9 Å². The highest BCUT2D eigenvalue weighted by atomic mass is 16.2. The zero-order valence-corrected chi connectivity index (χ0v) is 19.4. The maximum atomic E-state index is 13.4. The van der Waals surface area contributed by atoms with Crippen LogP contribution in [0, 0.1) is 6.92 Å². The zero-order valence-electron chi connectivity index (χ0n) is 19.4. The standard InChI is InChI=1S/C25H30N6O2/c1-16(2)27-25(33)23-21-13-19-9-10-20(31(19)22(32)15-29-12-11-26-17(29)3)14-30(21)24(28-23)18-7-5-4-6-8-18/h4-8,11-12,16,19-20H,9-10,13-15H2,1-3H3,(H,27,33)/t19-,20+/m0/s1. The molecular formula is C25H30N6O2. The van der Waals surface area contributed by atoms with Crippen molar-refractivity contribution in [2.24, 2.45) is 0 Å². The lowest BCUT2D eigenvalue weighted by molar-refractivity contribution is -0.134. The van der Waals surface area contributed by atoms with E-state index in [-0.39, 0.29) is 36.5 Å². The third kappa shape index (κ3) is 3.94. The van der Waals surface area contributed by atoms with Crippen molar-refractivity contribution in [1.29, 1.82) is 0 Å². The van der Waals surface area contributed by atoms with Crippen molar-refractivity contribution in [2.45, 2.75) is 71.2 Å². The molecule has 1 saturated heterocycles. The Bertz CT molecular complexity index is 1180. The topological polar surface area (TPSA) is 85.1 Å². The summed E-state index contributed by atoms with van der Waals surface area (Å²) in [6.07, 6.45) is 6.10. The first kappa shape index (κ1) is 21.4. The Labute approximate surface area is 193 Å². The number of carbonyl (C=O) groups excluding carboxylic acids is 2. The summed E-state index contributed by atoms with van der Waals surface area (Å²) in [5.74, 6) is 1.59. The second-order valence-electron chi connectivity index (χ2n) is 9.33. The quantitative estimate of drug-likeness (QED) is 0.653. The van der Waals surface area contributed by atoms with Gasteiger partial charge >= 0.3 is 0 Å². The van der Waals surface area contributed by atoms with Crippen LogP contribution in [0.15, 0.2) is 42.7 Å². The SMILES string of the molecule is Cc1nccn1CC(=O)N1[C@@H]2CC[C@H]1Cc1c(C(=O)NC(C)C)nc(-c3ccccc3)n1C2. The van der Waals surface area contributed by atoms with Crippen molar-refractivity contribution in [3.63, 3.8) is 0 Å². The van der Waals surface area contributed by atoms with Crippen LogP contribution in [0.2, 0.25) is 0 Å². The van der Waals surface area contributed by atoms with Crippen molar-refractivity contribution >= 4 is 11.8 Å². The minimum Gasteiger partial charge on any atom is -0.348 e. The summed E-state index contributed by atoms with van der Waals surface area (Å²) < 4.78 is 4.07. The summed E-state index contributed by atoms with van der Waals surface area (Å²) in [6, 6.07) is 10.2. The predicted octanol–water partition coefficient (Wildman–Crippen LogP) is 2.81. The Hall–Kier alpha value is -3.42. The van der Waals surface area contributed by atoms with E-state index in [4.69, 9.17) is 4.98 Å². The van der Waals surface area contributed by atoms with Gasteiger partial charge in [-0.05, 0) is 33.6 Å². The van der Waals surface area contributed by atoms with Gasteiger partial charge in [0.2, 0.25) is 5.91 Å². The van der Waals surface area contributed by atoms with Gasteiger partial charge in [-0.15, -0.1) is 0 Å². The van der Waals surface area contributed by atoms with Gasteiger partial charge < -0.3 is 19.4 Å². The summed E-state index contributed by atoms with van der Waals surface area (Å²) in [6.45, 7) is 6.74. The smallest absolute Gasteiger partial charge is 0.271 e. The number of hydrogen-bond donors (Lipinski definition) is 1. The summed E-state index contributed by atoms with van der Waals surface area (Å²) in [5.41, 5.74) is 2.39. The molecule has 0 aliphatic carbocycles. The van der Waals surface area contributed by atoms with E-state index < -0.39 is 0 Å². The van der Waals surface area contributed by atoms with Gasteiger partial charge in [-0.3, -0.25) is 9.59 Å². The monoisotopic (exact) mass is 446 g/mol. The van der Waals surface area contributed by atoms with Gasteiger partial charge in [0.1, 0.15) is 23.9 Å². The van der Waals surface area contributed by atoms with E-state index in [1.165, 1.54) is 0 Å². The molecule has 0 spiro atoms. The summed E-state index contributed by atoms with van der Waals surface area (Å²) in [5, 5.41) is 3.00.